The number of benzene rings is 2. The Labute approximate surface area is 159 Å². The van der Waals surface area contributed by atoms with Gasteiger partial charge in [-0.05, 0) is 55.5 Å². The molecule has 0 saturated carbocycles. The molecule has 1 amide bonds. The van der Waals surface area contributed by atoms with E-state index >= 15 is 0 Å². The van der Waals surface area contributed by atoms with E-state index in [0.717, 1.165) is 19.4 Å². The van der Waals surface area contributed by atoms with Crippen LogP contribution in [0.25, 0.3) is 10.9 Å². The summed E-state index contributed by atoms with van der Waals surface area (Å²) in [5.74, 6) is -0.0651. The molecule has 3 N–H and O–H groups in total. The lowest BCUT2D eigenvalue weighted by Crippen LogP contribution is -2.26. The molecule has 136 valence electrons. The van der Waals surface area contributed by atoms with Crippen LogP contribution in [-0.4, -0.2) is 17.0 Å². The van der Waals surface area contributed by atoms with Gasteiger partial charge in [0, 0.05) is 40.9 Å². The zero-order chi connectivity index (χ0) is 17.2. The number of rotatable bonds is 4. The van der Waals surface area contributed by atoms with Crippen LogP contribution in [0.15, 0.2) is 48.5 Å². The molecule has 2 heterocycles. The van der Waals surface area contributed by atoms with E-state index in [1.165, 1.54) is 35.0 Å². The Morgan fingerprint density at radius 3 is 2.81 bits per heavy atom. The molecule has 3 aromatic rings. The molecule has 1 aliphatic rings. The minimum Gasteiger partial charge on any atom is -0.399 e. The summed E-state index contributed by atoms with van der Waals surface area (Å²) in [7, 11) is 0. The number of hydrogen-bond donors (Lipinski definition) is 2. The molecule has 0 spiro atoms. The predicted molar refractivity (Wildman–Crippen MR) is 109 cm³/mol. The molecule has 0 bridgehead atoms. The lowest BCUT2D eigenvalue weighted by atomic mass is 10.0. The number of fused-ring (bicyclic) bond motifs is 3. The molecular weight excluding hydrogens is 346 g/mol. The Balaban J connectivity index is 0.00000196. The summed E-state index contributed by atoms with van der Waals surface area (Å²) in [4.78, 5) is 12.3. The number of aryl methyl sites for hydroxylation is 1. The van der Waals surface area contributed by atoms with Gasteiger partial charge in [0.15, 0.2) is 0 Å². The van der Waals surface area contributed by atoms with Crippen LogP contribution < -0.4 is 11.1 Å². The normalized spacial score (nSPS) is 13.1. The maximum Gasteiger partial charge on any atom is 0.251 e. The molecule has 26 heavy (non-hydrogen) atoms. The molecular formula is C21H24ClN3O. The van der Waals surface area contributed by atoms with E-state index < -0.39 is 0 Å². The van der Waals surface area contributed by atoms with Crippen molar-refractivity contribution in [1.29, 1.82) is 0 Å². The molecule has 1 aliphatic heterocycles. The minimum absolute atomic E-state index is 0. The van der Waals surface area contributed by atoms with Crippen LogP contribution >= 0.6 is 12.4 Å². The average molecular weight is 370 g/mol. The third kappa shape index (κ3) is 3.42. The van der Waals surface area contributed by atoms with Crippen LogP contribution in [0, 0.1) is 0 Å². The number of nitrogens with two attached hydrogens (primary N) is 1. The molecule has 0 atom stereocenters. The molecule has 0 aliphatic carbocycles. The first-order valence-corrected chi connectivity index (χ1v) is 8.97. The largest absolute Gasteiger partial charge is 0.399 e. The molecule has 0 unspecified atom stereocenters. The zero-order valence-electron chi connectivity index (χ0n) is 14.7. The number of aromatic nitrogens is 1. The zero-order valence-corrected chi connectivity index (χ0v) is 15.5. The first-order valence-electron chi connectivity index (χ1n) is 8.97. The van der Waals surface area contributed by atoms with Crippen LogP contribution in [0.5, 0.6) is 0 Å². The minimum atomic E-state index is -0.0651. The SMILES string of the molecule is Cl.Nc1cccc(C(=O)NCCc2c3n(c4ccccc24)CCCC3)c1. The molecule has 1 aromatic heterocycles. The van der Waals surface area contributed by atoms with Crippen molar-refractivity contribution < 1.29 is 4.79 Å². The van der Waals surface area contributed by atoms with Crippen LogP contribution in [0.1, 0.15) is 34.5 Å². The highest BCUT2D eigenvalue weighted by atomic mass is 35.5. The highest BCUT2D eigenvalue weighted by Gasteiger charge is 2.19. The lowest BCUT2D eigenvalue weighted by Gasteiger charge is -2.17. The summed E-state index contributed by atoms with van der Waals surface area (Å²) in [6, 6.07) is 15.7. The van der Waals surface area contributed by atoms with Crippen molar-refractivity contribution in [1.82, 2.24) is 9.88 Å². The summed E-state index contributed by atoms with van der Waals surface area (Å²) in [6.45, 7) is 1.74. The number of carbonyl (C=O) groups is 1. The fourth-order valence-electron chi connectivity index (χ4n) is 3.89. The van der Waals surface area contributed by atoms with Gasteiger partial charge in [0.1, 0.15) is 0 Å². The van der Waals surface area contributed by atoms with Crippen molar-refractivity contribution in [3.8, 4) is 0 Å². The van der Waals surface area contributed by atoms with Crippen molar-refractivity contribution in [3.05, 3.63) is 65.4 Å². The monoisotopic (exact) mass is 369 g/mol. The number of halogens is 1. The van der Waals surface area contributed by atoms with Crippen LogP contribution in [0.2, 0.25) is 0 Å². The second kappa shape index (κ2) is 7.83. The highest BCUT2D eigenvalue weighted by Crippen LogP contribution is 2.30. The van der Waals surface area contributed by atoms with Gasteiger partial charge in [-0.3, -0.25) is 4.79 Å². The number of nitrogens with zero attached hydrogens (tertiary/aromatic N) is 1. The van der Waals surface area contributed by atoms with E-state index in [4.69, 9.17) is 5.73 Å². The molecule has 2 aromatic carbocycles. The summed E-state index contributed by atoms with van der Waals surface area (Å²) >= 11 is 0. The first-order chi connectivity index (χ1) is 12.2. The Bertz CT molecular complexity index is 932. The molecule has 0 saturated heterocycles. The van der Waals surface area contributed by atoms with Gasteiger partial charge in [-0.2, -0.15) is 0 Å². The van der Waals surface area contributed by atoms with Crippen LogP contribution in [0.3, 0.4) is 0 Å². The second-order valence-electron chi connectivity index (χ2n) is 6.68. The lowest BCUT2D eigenvalue weighted by molar-refractivity contribution is 0.0954. The quantitative estimate of drug-likeness (QED) is 0.684. The Morgan fingerprint density at radius 2 is 1.96 bits per heavy atom. The molecule has 5 heteroatoms. The van der Waals surface area contributed by atoms with E-state index in [9.17, 15) is 4.79 Å². The fourth-order valence-corrected chi connectivity index (χ4v) is 3.89. The predicted octanol–water partition coefficient (Wildman–Crippen LogP) is 3.95. The second-order valence-corrected chi connectivity index (χ2v) is 6.68. The van der Waals surface area contributed by atoms with Gasteiger partial charge in [-0.15, -0.1) is 12.4 Å². The third-order valence-electron chi connectivity index (χ3n) is 5.05. The molecule has 0 fully saturated rings. The van der Waals surface area contributed by atoms with Crippen molar-refractivity contribution in [2.75, 3.05) is 12.3 Å². The maximum atomic E-state index is 12.3. The Kier molecular flexibility index (Phi) is 5.52. The summed E-state index contributed by atoms with van der Waals surface area (Å²) in [5.41, 5.74) is 11.2. The number of amides is 1. The Morgan fingerprint density at radius 1 is 1.12 bits per heavy atom. The van der Waals surface area contributed by atoms with E-state index in [1.807, 2.05) is 6.07 Å². The van der Waals surface area contributed by atoms with Crippen molar-refractivity contribution in [2.45, 2.75) is 32.2 Å². The van der Waals surface area contributed by atoms with Crippen molar-refractivity contribution >= 4 is 34.9 Å². The standard InChI is InChI=1S/C21H23N3O.ClH/c22-16-7-5-6-15(14-16)21(25)23-12-11-18-17-8-1-2-9-19(17)24-13-4-3-10-20(18)24;/h1-2,5-9,14H,3-4,10-13,22H2,(H,23,25);1H. The summed E-state index contributed by atoms with van der Waals surface area (Å²) < 4.78 is 2.47. The van der Waals surface area contributed by atoms with Gasteiger partial charge in [0.25, 0.3) is 5.91 Å². The third-order valence-corrected chi connectivity index (χ3v) is 5.05. The van der Waals surface area contributed by atoms with Crippen LogP contribution in [-0.2, 0) is 19.4 Å². The number of nitrogen functional groups attached to an aromatic ring is 1. The smallest absolute Gasteiger partial charge is 0.251 e. The maximum absolute atomic E-state index is 12.3. The van der Waals surface area contributed by atoms with E-state index in [-0.39, 0.29) is 18.3 Å². The van der Waals surface area contributed by atoms with E-state index in [2.05, 4.69) is 34.1 Å². The summed E-state index contributed by atoms with van der Waals surface area (Å²) in [5, 5.41) is 4.36. The van der Waals surface area contributed by atoms with Gasteiger partial charge in [-0.1, -0.05) is 24.3 Å². The molecule has 4 nitrogen and oxygen atoms in total. The van der Waals surface area contributed by atoms with Crippen LogP contribution in [0.4, 0.5) is 5.69 Å². The average Bonchev–Trinajstić information content (AvgIpc) is 2.96. The van der Waals surface area contributed by atoms with Crippen molar-refractivity contribution in [2.24, 2.45) is 0 Å². The van der Waals surface area contributed by atoms with Gasteiger partial charge < -0.3 is 15.6 Å². The van der Waals surface area contributed by atoms with Crippen molar-refractivity contribution in [3.63, 3.8) is 0 Å². The number of nitrogens with one attached hydrogen (secondary N) is 1. The van der Waals surface area contributed by atoms with Gasteiger partial charge in [-0.25, -0.2) is 0 Å². The number of carbonyl (C=O) groups excluding carboxylic acids is 1. The van der Waals surface area contributed by atoms with Gasteiger partial charge in [0.2, 0.25) is 0 Å². The molecule has 4 rings (SSSR count). The van der Waals surface area contributed by atoms with Gasteiger partial charge in [0.05, 0.1) is 0 Å². The Hall–Kier alpha value is -2.46. The number of para-hydroxylation sites is 1. The molecule has 0 radical (unpaired) electrons. The number of anilines is 1. The van der Waals surface area contributed by atoms with E-state index in [1.54, 1.807) is 18.2 Å². The fraction of sp³-hybridized carbons (Fsp3) is 0.286. The topological polar surface area (TPSA) is 60.1 Å². The highest BCUT2D eigenvalue weighted by molar-refractivity contribution is 5.95. The first kappa shape index (κ1) is 18.3. The number of hydrogen-bond acceptors (Lipinski definition) is 2. The van der Waals surface area contributed by atoms with Gasteiger partial charge >= 0.3 is 0 Å². The van der Waals surface area contributed by atoms with E-state index in [0.29, 0.717) is 17.8 Å². The summed E-state index contributed by atoms with van der Waals surface area (Å²) in [6.07, 6.45) is 4.49.